The first-order valence-corrected chi connectivity index (χ1v) is 11.0. The fourth-order valence-corrected chi connectivity index (χ4v) is 10.5. The van der Waals surface area contributed by atoms with Gasteiger partial charge < -0.3 is 0 Å². The average molecular weight is 383 g/mol. The van der Waals surface area contributed by atoms with Crippen molar-refractivity contribution in [2.45, 2.75) is 48.7 Å². The number of rotatable bonds is 2. The molecule has 2 aliphatic rings. The summed E-state index contributed by atoms with van der Waals surface area (Å²) in [5, 5.41) is 0. The predicted molar refractivity (Wildman–Crippen MR) is 114 cm³/mol. The summed E-state index contributed by atoms with van der Waals surface area (Å²) in [6, 6.07) is 21.6. The Kier molecular flexibility index (Phi) is 3.95. The van der Waals surface area contributed by atoms with Gasteiger partial charge >= 0.3 is 0 Å². The summed E-state index contributed by atoms with van der Waals surface area (Å²) >= 11 is 4.03. The molecule has 1 heterocycles. The maximum absolute atomic E-state index is 13.2. The third-order valence-corrected chi connectivity index (χ3v) is 10.6. The summed E-state index contributed by atoms with van der Waals surface area (Å²) < 4.78 is -0.0285. The van der Waals surface area contributed by atoms with Gasteiger partial charge in [0, 0.05) is 15.4 Å². The lowest BCUT2D eigenvalue weighted by Crippen LogP contribution is -2.78. The first-order chi connectivity index (χ1) is 12.2. The Hall–Kier alpha value is -1.19. The van der Waals surface area contributed by atoms with E-state index in [1.165, 1.54) is 11.1 Å². The molecule has 0 radical (unpaired) electrons. The van der Waals surface area contributed by atoms with Crippen molar-refractivity contribution in [3.8, 4) is 0 Å². The van der Waals surface area contributed by atoms with E-state index in [9.17, 15) is 4.79 Å². The van der Waals surface area contributed by atoms with Crippen LogP contribution in [0.1, 0.15) is 45.7 Å². The predicted octanol–water partition coefficient (Wildman–Crippen LogP) is 6.13. The normalized spacial score (nSPS) is 27.3. The molecule has 0 bridgehead atoms. The third kappa shape index (κ3) is 1.89. The van der Waals surface area contributed by atoms with E-state index >= 15 is 0 Å². The second kappa shape index (κ2) is 5.65. The van der Waals surface area contributed by atoms with Gasteiger partial charge in [-0.05, 0) is 18.1 Å². The molecule has 1 aliphatic carbocycles. The molecule has 1 aliphatic heterocycles. The maximum Gasteiger partial charge on any atom is 0.147 e. The molecule has 1 saturated carbocycles. The molecule has 1 saturated heterocycles. The van der Waals surface area contributed by atoms with Crippen LogP contribution >= 0.6 is 23.5 Å². The molecule has 2 aromatic rings. The molecule has 0 amide bonds. The van der Waals surface area contributed by atoms with E-state index in [0.717, 1.165) is 0 Å². The monoisotopic (exact) mass is 382 g/mol. The number of benzene rings is 2. The van der Waals surface area contributed by atoms with E-state index in [2.05, 4.69) is 95.3 Å². The van der Waals surface area contributed by atoms with Gasteiger partial charge in [-0.1, -0.05) is 88.4 Å². The average Bonchev–Trinajstić information content (AvgIpc) is 2.99. The molecule has 1 nitrogen and oxygen atoms in total. The number of ketones is 1. The van der Waals surface area contributed by atoms with E-state index in [1.54, 1.807) is 0 Å². The lowest BCUT2D eigenvalue weighted by molar-refractivity contribution is -0.162. The zero-order valence-electron chi connectivity index (χ0n) is 16.1. The molecule has 1 spiro atoms. The summed E-state index contributed by atoms with van der Waals surface area (Å²) in [6.45, 7) is 10.9. The van der Waals surface area contributed by atoms with Gasteiger partial charge in [-0.15, -0.1) is 23.5 Å². The molecule has 0 N–H and O–H groups in total. The minimum absolute atomic E-state index is 0.198. The largest absolute Gasteiger partial charge is 0.298 e. The standard InChI is InChI=1S/C23H26OS2/c1-16-25-22(17-12-8-6-9-13-17,18-14-10-7-11-15-18)23(26-16)20(2,3)19(24)21(23,4)5/h6-16H,1-5H3. The molecule has 2 fully saturated rings. The van der Waals surface area contributed by atoms with E-state index in [-0.39, 0.29) is 20.3 Å². The highest BCUT2D eigenvalue weighted by Gasteiger charge is 2.82. The second-order valence-electron chi connectivity index (χ2n) is 8.48. The van der Waals surface area contributed by atoms with Crippen LogP contribution in [0.4, 0.5) is 0 Å². The Morgan fingerprint density at radius 1 is 0.731 bits per heavy atom. The van der Waals surface area contributed by atoms with Crippen molar-refractivity contribution in [3.63, 3.8) is 0 Å². The first kappa shape index (κ1) is 18.2. The number of Topliss-reactive ketones (excluding diaryl/α,β-unsaturated/α-hetero) is 1. The summed E-state index contributed by atoms with van der Waals surface area (Å²) in [7, 11) is 0. The quantitative estimate of drug-likeness (QED) is 0.622. The zero-order valence-corrected chi connectivity index (χ0v) is 17.7. The van der Waals surface area contributed by atoms with Crippen molar-refractivity contribution in [2.75, 3.05) is 0 Å². The Morgan fingerprint density at radius 2 is 1.15 bits per heavy atom. The van der Waals surface area contributed by atoms with Gasteiger partial charge in [-0.2, -0.15) is 0 Å². The molecule has 3 heteroatoms. The SMILES string of the molecule is CC1SC(c2ccccc2)(c2ccccc2)C2(S1)C(C)(C)C(=O)C2(C)C. The Bertz CT molecular complexity index is 782. The molecular formula is C23H26OS2. The molecule has 136 valence electrons. The van der Waals surface area contributed by atoms with Gasteiger partial charge in [0.25, 0.3) is 0 Å². The van der Waals surface area contributed by atoms with Crippen LogP contribution in [0.15, 0.2) is 60.7 Å². The Labute approximate surface area is 165 Å². The van der Waals surface area contributed by atoms with Gasteiger partial charge in [-0.3, -0.25) is 4.79 Å². The zero-order chi connectivity index (χ0) is 18.8. The van der Waals surface area contributed by atoms with Crippen molar-refractivity contribution < 1.29 is 4.79 Å². The van der Waals surface area contributed by atoms with Gasteiger partial charge in [0.15, 0.2) is 0 Å². The lowest BCUT2D eigenvalue weighted by atomic mass is 9.41. The van der Waals surface area contributed by atoms with Crippen LogP contribution in [0, 0.1) is 10.8 Å². The van der Waals surface area contributed by atoms with E-state index in [1.807, 2.05) is 23.5 Å². The Balaban J connectivity index is 2.10. The minimum atomic E-state index is -0.384. The van der Waals surface area contributed by atoms with Crippen LogP contribution in [0.25, 0.3) is 0 Å². The highest BCUT2D eigenvalue weighted by molar-refractivity contribution is 8.21. The van der Waals surface area contributed by atoms with Crippen LogP contribution in [0.2, 0.25) is 0 Å². The lowest BCUT2D eigenvalue weighted by Gasteiger charge is -2.69. The fraction of sp³-hybridized carbons (Fsp3) is 0.435. The highest BCUT2D eigenvalue weighted by atomic mass is 32.2. The van der Waals surface area contributed by atoms with Gasteiger partial charge in [0.1, 0.15) is 5.78 Å². The molecule has 1 unspecified atom stereocenters. The van der Waals surface area contributed by atoms with Gasteiger partial charge in [0.05, 0.1) is 9.49 Å². The first-order valence-electron chi connectivity index (χ1n) is 9.23. The molecule has 1 atom stereocenters. The van der Waals surface area contributed by atoms with Crippen LogP contribution in [-0.4, -0.2) is 15.1 Å². The van der Waals surface area contributed by atoms with E-state index in [0.29, 0.717) is 10.4 Å². The molecule has 0 aromatic heterocycles. The number of hydrogen-bond donors (Lipinski definition) is 0. The van der Waals surface area contributed by atoms with Crippen molar-refractivity contribution in [2.24, 2.45) is 10.8 Å². The van der Waals surface area contributed by atoms with E-state index in [4.69, 9.17) is 0 Å². The van der Waals surface area contributed by atoms with E-state index < -0.39 is 0 Å². The molecule has 26 heavy (non-hydrogen) atoms. The number of hydrogen-bond acceptors (Lipinski definition) is 3. The number of carbonyl (C=O) groups is 1. The minimum Gasteiger partial charge on any atom is -0.298 e. The van der Waals surface area contributed by atoms with Crippen LogP contribution in [0.5, 0.6) is 0 Å². The van der Waals surface area contributed by atoms with Crippen molar-refractivity contribution in [1.82, 2.24) is 0 Å². The molecule has 4 rings (SSSR count). The van der Waals surface area contributed by atoms with Crippen molar-refractivity contribution in [3.05, 3.63) is 71.8 Å². The molecular weight excluding hydrogens is 356 g/mol. The van der Waals surface area contributed by atoms with Crippen molar-refractivity contribution >= 4 is 29.3 Å². The number of carbonyl (C=O) groups excluding carboxylic acids is 1. The van der Waals surface area contributed by atoms with Crippen LogP contribution < -0.4 is 0 Å². The van der Waals surface area contributed by atoms with Crippen LogP contribution in [-0.2, 0) is 9.54 Å². The molecule has 2 aromatic carbocycles. The smallest absolute Gasteiger partial charge is 0.147 e. The number of thioether (sulfide) groups is 2. The summed E-state index contributed by atoms with van der Waals surface area (Å²) in [4.78, 5) is 13.2. The van der Waals surface area contributed by atoms with Gasteiger partial charge in [0.2, 0.25) is 0 Å². The summed E-state index contributed by atoms with van der Waals surface area (Å²) in [6.07, 6.45) is 0. The second-order valence-corrected chi connectivity index (χ2v) is 11.9. The van der Waals surface area contributed by atoms with Gasteiger partial charge in [-0.25, -0.2) is 0 Å². The highest BCUT2D eigenvalue weighted by Crippen LogP contribution is 2.81. The Morgan fingerprint density at radius 3 is 1.58 bits per heavy atom. The maximum atomic E-state index is 13.2. The topological polar surface area (TPSA) is 17.1 Å². The summed E-state index contributed by atoms with van der Waals surface area (Å²) in [5.41, 5.74) is 1.85. The summed E-state index contributed by atoms with van der Waals surface area (Å²) in [5.74, 6) is 0.378. The van der Waals surface area contributed by atoms with Crippen molar-refractivity contribution in [1.29, 1.82) is 0 Å². The fourth-order valence-electron chi connectivity index (χ4n) is 5.74. The third-order valence-electron chi connectivity index (χ3n) is 6.44. The van der Waals surface area contributed by atoms with Crippen LogP contribution in [0.3, 0.4) is 0 Å².